The van der Waals surface area contributed by atoms with Gasteiger partial charge in [0.15, 0.2) is 0 Å². The van der Waals surface area contributed by atoms with Crippen LogP contribution in [-0.2, 0) is 26.0 Å². The molecule has 1 aliphatic heterocycles. The minimum absolute atomic E-state index is 0.0407. The Hall–Kier alpha value is -4.01. The highest BCUT2D eigenvalue weighted by Gasteiger charge is 2.45. The Morgan fingerprint density at radius 1 is 0.957 bits per heavy atom. The Bertz CT molecular complexity index is 1700. The zero-order valence-electron chi connectivity index (χ0n) is 25.8. The first kappa shape index (κ1) is 34.3. The number of halogens is 4. The average Bonchev–Trinajstić information content (AvgIpc) is 3.87. The predicted molar refractivity (Wildman–Crippen MR) is 167 cm³/mol. The van der Waals surface area contributed by atoms with Gasteiger partial charge in [0, 0.05) is 48.4 Å². The van der Waals surface area contributed by atoms with Gasteiger partial charge in [-0.2, -0.15) is 4.31 Å². The second-order valence-electron chi connectivity index (χ2n) is 11.9. The van der Waals surface area contributed by atoms with Gasteiger partial charge in [-0.3, -0.25) is 4.79 Å². The Labute approximate surface area is 270 Å². The summed E-state index contributed by atoms with van der Waals surface area (Å²) in [6.07, 6.45) is 0.486. The maximum atomic E-state index is 15.4. The fraction of sp³-hybridized carbons (Fsp3) is 0.394. The predicted octanol–water partition coefficient (Wildman–Crippen LogP) is 4.83. The Morgan fingerprint density at radius 2 is 1.64 bits per heavy atom. The number of benzene rings is 3. The van der Waals surface area contributed by atoms with Gasteiger partial charge in [-0.05, 0) is 80.1 Å². The number of methoxy groups -OCH3 is 1. The van der Waals surface area contributed by atoms with Crippen molar-refractivity contribution in [3.8, 4) is 0 Å². The van der Waals surface area contributed by atoms with Crippen LogP contribution >= 0.6 is 0 Å². The number of piperazine rings is 1. The van der Waals surface area contributed by atoms with Gasteiger partial charge in [0.1, 0.15) is 29.3 Å². The first-order chi connectivity index (χ1) is 22.4. The summed E-state index contributed by atoms with van der Waals surface area (Å²) < 4.78 is 90.9. The summed E-state index contributed by atoms with van der Waals surface area (Å²) in [6.45, 7) is 2.69. The first-order valence-electron chi connectivity index (χ1n) is 15.3. The lowest BCUT2D eigenvalue weighted by Crippen LogP contribution is -2.59. The summed E-state index contributed by atoms with van der Waals surface area (Å²) in [6, 6.07) is 9.19. The molecule has 3 N–H and O–H groups in total. The van der Waals surface area contributed by atoms with Gasteiger partial charge in [0.05, 0.1) is 12.4 Å². The van der Waals surface area contributed by atoms with Crippen LogP contribution in [0.3, 0.4) is 0 Å². The molecule has 0 unspecified atom stereocenters. The van der Waals surface area contributed by atoms with Crippen molar-refractivity contribution in [2.24, 2.45) is 0 Å². The van der Waals surface area contributed by atoms with Gasteiger partial charge >= 0.3 is 6.09 Å². The molecule has 1 aliphatic carbocycles. The number of carbonyl (C=O) groups is 2. The average molecular weight is 677 g/mol. The third-order valence-corrected chi connectivity index (χ3v) is 11.1. The van der Waals surface area contributed by atoms with E-state index in [1.165, 1.54) is 34.6 Å². The van der Waals surface area contributed by atoms with Crippen molar-refractivity contribution in [2.45, 2.75) is 61.9 Å². The fourth-order valence-corrected chi connectivity index (χ4v) is 8.41. The van der Waals surface area contributed by atoms with E-state index < -0.39 is 68.5 Å². The number of ether oxygens (including phenoxy) is 1. The van der Waals surface area contributed by atoms with Crippen molar-refractivity contribution < 1.29 is 40.3 Å². The highest BCUT2D eigenvalue weighted by molar-refractivity contribution is 7.90. The summed E-state index contributed by atoms with van der Waals surface area (Å²) in [4.78, 5) is 26.5. The molecular formula is C33H36F4N4O5S. The summed E-state index contributed by atoms with van der Waals surface area (Å²) in [5, 5.41) is 7.89. The molecule has 1 heterocycles. The van der Waals surface area contributed by atoms with Gasteiger partial charge in [0.25, 0.3) is 0 Å². The molecule has 1 saturated carbocycles. The Morgan fingerprint density at radius 3 is 2.28 bits per heavy atom. The van der Waals surface area contributed by atoms with Gasteiger partial charge in [0.2, 0.25) is 15.9 Å². The molecule has 1 saturated heterocycles. The van der Waals surface area contributed by atoms with E-state index in [0.717, 1.165) is 31.4 Å². The van der Waals surface area contributed by atoms with Crippen LogP contribution in [0.25, 0.3) is 0 Å². The molecule has 2 aliphatic rings. The standard InChI is InChI=1S/C33H36F4N4O5S/c1-19-17-38-18-25(41(19)47(44,45)26-11-12-26)10-13-27-28(37)4-3-5-29(27)39-32(42)31(40-33(43)46-2)30(20-6-8-22(34)9-7-20)21-14-23(35)16-24(36)15-21/h3-9,14-16,19,25-26,30-31,38H,10-13,17-18H2,1-2H3,(H,39,42)(H,40,43)/t19-,25-,30-,31-/m0/s1. The molecule has 2 amide bonds. The van der Waals surface area contributed by atoms with E-state index >= 15 is 4.39 Å². The van der Waals surface area contributed by atoms with Crippen molar-refractivity contribution in [3.63, 3.8) is 0 Å². The lowest BCUT2D eigenvalue weighted by Gasteiger charge is -2.40. The monoisotopic (exact) mass is 676 g/mol. The molecule has 0 bridgehead atoms. The summed E-state index contributed by atoms with van der Waals surface area (Å²) in [5.74, 6) is -5.26. The second-order valence-corrected chi connectivity index (χ2v) is 14.0. The molecule has 0 radical (unpaired) electrons. The van der Waals surface area contributed by atoms with Crippen molar-refractivity contribution in [2.75, 3.05) is 25.5 Å². The number of alkyl carbamates (subject to hydrolysis) is 1. The summed E-state index contributed by atoms with van der Waals surface area (Å²) >= 11 is 0. The zero-order valence-corrected chi connectivity index (χ0v) is 26.6. The molecule has 0 aromatic heterocycles. The molecule has 2 fully saturated rings. The third kappa shape index (κ3) is 7.94. The van der Waals surface area contributed by atoms with Crippen molar-refractivity contribution >= 4 is 27.7 Å². The van der Waals surface area contributed by atoms with Crippen LogP contribution in [0.4, 0.5) is 28.0 Å². The highest BCUT2D eigenvalue weighted by Crippen LogP contribution is 2.35. The van der Waals surface area contributed by atoms with Crippen LogP contribution < -0.4 is 16.0 Å². The van der Waals surface area contributed by atoms with Crippen LogP contribution in [0.1, 0.15) is 48.8 Å². The number of anilines is 1. The summed E-state index contributed by atoms with van der Waals surface area (Å²) in [7, 11) is -2.46. The van der Waals surface area contributed by atoms with Crippen LogP contribution in [0.2, 0.25) is 0 Å². The van der Waals surface area contributed by atoms with E-state index in [9.17, 15) is 31.2 Å². The molecule has 3 aromatic rings. The van der Waals surface area contributed by atoms with Crippen molar-refractivity contribution in [1.29, 1.82) is 0 Å². The lowest BCUT2D eigenvalue weighted by molar-refractivity contribution is -0.118. The maximum Gasteiger partial charge on any atom is 0.407 e. The van der Waals surface area contributed by atoms with E-state index in [2.05, 4.69) is 16.0 Å². The maximum absolute atomic E-state index is 15.4. The molecule has 0 spiro atoms. The van der Waals surface area contributed by atoms with E-state index in [1.54, 1.807) is 0 Å². The number of hydrogen-bond acceptors (Lipinski definition) is 6. The van der Waals surface area contributed by atoms with E-state index in [1.807, 2.05) is 6.92 Å². The number of rotatable bonds is 11. The van der Waals surface area contributed by atoms with Gasteiger partial charge in [-0.15, -0.1) is 0 Å². The lowest BCUT2D eigenvalue weighted by atomic mass is 9.84. The normalized spacial score (nSPS) is 19.9. The fourth-order valence-electron chi connectivity index (χ4n) is 6.16. The van der Waals surface area contributed by atoms with Gasteiger partial charge in [-0.25, -0.2) is 30.8 Å². The minimum Gasteiger partial charge on any atom is -0.453 e. The van der Waals surface area contributed by atoms with Crippen LogP contribution in [0, 0.1) is 23.3 Å². The largest absolute Gasteiger partial charge is 0.453 e. The minimum atomic E-state index is -3.53. The van der Waals surface area contributed by atoms with Crippen LogP contribution in [0.5, 0.6) is 0 Å². The topological polar surface area (TPSA) is 117 Å². The number of sulfonamides is 1. The van der Waals surface area contributed by atoms with Crippen LogP contribution in [0.15, 0.2) is 60.7 Å². The summed E-state index contributed by atoms with van der Waals surface area (Å²) in [5.41, 5.74) is 0.363. The van der Waals surface area contributed by atoms with Crippen molar-refractivity contribution in [3.05, 3.63) is 101 Å². The van der Waals surface area contributed by atoms with E-state index in [-0.39, 0.29) is 41.3 Å². The molecule has 9 nitrogen and oxygen atoms in total. The zero-order chi connectivity index (χ0) is 33.9. The van der Waals surface area contributed by atoms with Crippen LogP contribution in [-0.4, -0.2) is 68.3 Å². The third-order valence-electron chi connectivity index (χ3n) is 8.51. The second kappa shape index (κ2) is 14.4. The van der Waals surface area contributed by atoms with Gasteiger partial charge in [-0.1, -0.05) is 18.2 Å². The molecular weight excluding hydrogens is 640 g/mol. The highest BCUT2D eigenvalue weighted by atomic mass is 32.2. The Balaban J connectivity index is 1.46. The number of nitrogens with zero attached hydrogens (tertiary/aromatic N) is 1. The molecule has 4 atom stereocenters. The smallest absolute Gasteiger partial charge is 0.407 e. The SMILES string of the molecule is COC(=O)N[C@H](C(=O)Nc1cccc(F)c1CC[C@H]1CNC[C@H](C)N1S(=O)(=O)C1CC1)[C@@H](c1ccc(F)cc1)c1cc(F)cc(F)c1. The van der Waals surface area contributed by atoms with Crippen molar-refractivity contribution in [1.82, 2.24) is 14.9 Å². The molecule has 5 rings (SSSR count). The Kier molecular flexibility index (Phi) is 10.5. The molecule has 14 heteroatoms. The van der Waals surface area contributed by atoms with Gasteiger partial charge < -0.3 is 20.7 Å². The molecule has 47 heavy (non-hydrogen) atoms. The number of carbonyl (C=O) groups excluding carboxylic acids is 2. The first-order valence-corrected chi connectivity index (χ1v) is 16.8. The molecule has 3 aromatic carbocycles. The number of amides is 2. The number of hydrogen-bond donors (Lipinski definition) is 3. The van der Waals surface area contributed by atoms with E-state index in [0.29, 0.717) is 32.0 Å². The number of nitrogens with one attached hydrogen (secondary N) is 3. The molecule has 252 valence electrons. The quantitative estimate of drug-likeness (QED) is 0.251. The van der Waals surface area contributed by atoms with E-state index in [4.69, 9.17) is 4.74 Å².